The second-order valence-electron chi connectivity index (χ2n) is 4.06. The van der Waals surface area contributed by atoms with Crippen molar-refractivity contribution in [3.8, 4) is 0 Å². The molecule has 0 saturated heterocycles. The fraction of sp³-hybridized carbons (Fsp3) is 0.385. The summed E-state index contributed by atoms with van der Waals surface area (Å²) in [6.45, 7) is 2.32. The van der Waals surface area contributed by atoms with Crippen LogP contribution in [-0.2, 0) is 16.0 Å². The van der Waals surface area contributed by atoms with E-state index >= 15 is 0 Å². The molecule has 0 unspecified atom stereocenters. The summed E-state index contributed by atoms with van der Waals surface area (Å²) in [7, 11) is 0. The Kier molecular flexibility index (Phi) is 4.19. The number of thiocarbonyl (C=S) groups is 1. The topological polar surface area (TPSA) is 29.5 Å². The lowest BCUT2D eigenvalue weighted by Gasteiger charge is -2.31. The average molecular weight is 284 g/mol. The highest BCUT2D eigenvalue weighted by atomic mass is 35.5. The Hall–Kier alpha value is -1.13. The van der Waals surface area contributed by atoms with Crippen molar-refractivity contribution >= 4 is 40.5 Å². The van der Waals surface area contributed by atoms with E-state index in [0.717, 1.165) is 29.1 Å². The van der Waals surface area contributed by atoms with Crippen molar-refractivity contribution in [3.05, 3.63) is 28.8 Å². The minimum Gasteiger partial charge on any atom is -0.465 e. The van der Waals surface area contributed by atoms with Gasteiger partial charge in [-0.15, -0.1) is 0 Å². The first kappa shape index (κ1) is 13.3. The van der Waals surface area contributed by atoms with E-state index in [1.165, 1.54) is 0 Å². The average Bonchev–Trinajstić information content (AvgIpc) is 2.33. The molecule has 3 nitrogen and oxygen atoms in total. The predicted molar refractivity (Wildman–Crippen MR) is 76.4 cm³/mol. The first-order chi connectivity index (χ1) is 8.61. The number of aryl methyl sites for hydroxylation is 1. The fourth-order valence-electron chi connectivity index (χ4n) is 2.02. The van der Waals surface area contributed by atoms with Crippen molar-refractivity contribution in [2.24, 2.45) is 0 Å². The Morgan fingerprint density at radius 2 is 2.28 bits per heavy atom. The molecule has 0 fully saturated rings. The van der Waals surface area contributed by atoms with Gasteiger partial charge in [-0.3, -0.25) is 4.79 Å². The van der Waals surface area contributed by atoms with E-state index in [1.807, 2.05) is 23.1 Å². The van der Waals surface area contributed by atoms with Crippen LogP contribution in [0.2, 0.25) is 5.02 Å². The maximum Gasteiger partial charge on any atom is 0.325 e. The number of carbonyl (C=O) groups is 1. The van der Waals surface area contributed by atoms with Crippen LogP contribution in [0.4, 0.5) is 5.69 Å². The molecule has 1 aliphatic heterocycles. The van der Waals surface area contributed by atoms with Crippen molar-refractivity contribution in [2.75, 3.05) is 18.1 Å². The van der Waals surface area contributed by atoms with E-state index in [2.05, 4.69) is 0 Å². The zero-order chi connectivity index (χ0) is 13.1. The molecule has 5 heteroatoms. The number of nitrogens with zero attached hydrogens (tertiary/aromatic N) is 1. The summed E-state index contributed by atoms with van der Waals surface area (Å²) in [6.07, 6.45) is 1.67. The van der Waals surface area contributed by atoms with Gasteiger partial charge in [-0.25, -0.2) is 0 Å². The van der Waals surface area contributed by atoms with E-state index in [4.69, 9.17) is 28.6 Å². The molecule has 1 aliphatic rings. The number of anilines is 1. The maximum atomic E-state index is 11.6. The van der Waals surface area contributed by atoms with Gasteiger partial charge in [0.05, 0.1) is 11.6 Å². The smallest absolute Gasteiger partial charge is 0.325 e. The van der Waals surface area contributed by atoms with E-state index < -0.39 is 0 Å². The molecule has 0 spiro atoms. The molecular formula is C13H14ClNO2S. The first-order valence-corrected chi connectivity index (χ1v) is 6.65. The monoisotopic (exact) mass is 283 g/mol. The quantitative estimate of drug-likeness (QED) is 0.630. The second kappa shape index (κ2) is 5.67. The van der Waals surface area contributed by atoms with Crippen LogP contribution in [0.25, 0.3) is 0 Å². The maximum absolute atomic E-state index is 11.6. The standard InChI is InChI=1S/C13H14ClNO2S/c1-2-17-13(16)8-15-11-7-10(14)5-3-9(11)4-6-12(15)18/h3,5,7H,2,4,6,8H2,1H3. The van der Waals surface area contributed by atoms with Crippen molar-refractivity contribution in [2.45, 2.75) is 19.8 Å². The van der Waals surface area contributed by atoms with Crippen molar-refractivity contribution < 1.29 is 9.53 Å². The number of fused-ring (bicyclic) bond motifs is 1. The SMILES string of the molecule is CCOC(=O)CN1C(=S)CCc2ccc(Cl)cc21. The number of carbonyl (C=O) groups excluding carboxylic acids is 1. The first-order valence-electron chi connectivity index (χ1n) is 5.86. The Morgan fingerprint density at radius 1 is 1.50 bits per heavy atom. The van der Waals surface area contributed by atoms with Gasteiger partial charge in [-0.05, 0) is 31.0 Å². The van der Waals surface area contributed by atoms with Gasteiger partial charge in [0.15, 0.2) is 0 Å². The van der Waals surface area contributed by atoms with E-state index in [0.29, 0.717) is 11.6 Å². The van der Waals surface area contributed by atoms with Crippen molar-refractivity contribution in [1.29, 1.82) is 0 Å². The summed E-state index contributed by atoms with van der Waals surface area (Å²) >= 11 is 11.3. The summed E-state index contributed by atoms with van der Waals surface area (Å²) in [6, 6.07) is 5.69. The van der Waals surface area contributed by atoms with Crippen LogP contribution < -0.4 is 4.90 Å². The van der Waals surface area contributed by atoms with Gasteiger partial charge >= 0.3 is 5.97 Å². The molecule has 0 amide bonds. The molecule has 0 radical (unpaired) electrons. The molecule has 0 N–H and O–H groups in total. The minimum atomic E-state index is -0.271. The number of halogens is 1. The molecule has 1 aromatic rings. The predicted octanol–water partition coefficient (Wildman–Crippen LogP) is 2.98. The highest BCUT2D eigenvalue weighted by Gasteiger charge is 2.23. The van der Waals surface area contributed by atoms with Crippen LogP contribution in [0.5, 0.6) is 0 Å². The number of hydrogen-bond acceptors (Lipinski definition) is 3. The lowest BCUT2D eigenvalue weighted by Crippen LogP contribution is -2.38. The summed E-state index contributed by atoms with van der Waals surface area (Å²) < 4.78 is 4.97. The number of rotatable bonds is 3. The summed E-state index contributed by atoms with van der Waals surface area (Å²) in [5.74, 6) is -0.271. The zero-order valence-electron chi connectivity index (χ0n) is 10.1. The van der Waals surface area contributed by atoms with E-state index in [-0.39, 0.29) is 12.5 Å². The van der Waals surface area contributed by atoms with Gasteiger partial charge in [0.2, 0.25) is 0 Å². The van der Waals surface area contributed by atoms with Gasteiger partial charge in [-0.2, -0.15) is 0 Å². The highest BCUT2D eigenvalue weighted by molar-refractivity contribution is 7.80. The summed E-state index contributed by atoms with van der Waals surface area (Å²) in [5.41, 5.74) is 2.09. The van der Waals surface area contributed by atoms with E-state index in [9.17, 15) is 4.79 Å². The number of benzene rings is 1. The number of esters is 1. The molecule has 0 atom stereocenters. The van der Waals surface area contributed by atoms with Crippen molar-refractivity contribution in [1.82, 2.24) is 0 Å². The van der Waals surface area contributed by atoms with Crippen molar-refractivity contribution in [3.63, 3.8) is 0 Å². The van der Waals surface area contributed by atoms with Gasteiger partial charge in [-0.1, -0.05) is 29.9 Å². The molecule has 1 aromatic carbocycles. The molecular weight excluding hydrogens is 270 g/mol. The van der Waals surface area contributed by atoms with Crippen LogP contribution in [0.1, 0.15) is 18.9 Å². The Bertz CT molecular complexity index is 490. The van der Waals surface area contributed by atoms with Gasteiger partial charge < -0.3 is 9.64 Å². The summed E-state index contributed by atoms with van der Waals surface area (Å²) in [4.78, 5) is 14.2. The van der Waals surface area contributed by atoms with Gasteiger partial charge in [0.25, 0.3) is 0 Å². The fourth-order valence-corrected chi connectivity index (χ4v) is 2.45. The molecule has 1 heterocycles. The van der Waals surface area contributed by atoms with Gasteiger partial charge in [0.1, 0.15) is 6.54 Å². The molecule has 2 rings (SSSR count). The number of hydrogen-bond donors (Lipinski definition) is 0. The number of ether oxygens (including phenoxy) is 1. The normalized spacial score (nSPS) is 14.3. The molecule has 96 valence electrons. The lowest BCUT2D eigenvalue weighted by molar-refractivity contribution is -0.141. The van der Waals surface area contributed by atoms with E-state index in [1.54, 1.807) is 6.92 Å². The molecule has 0 aliphatic carbocycles. The van der Waals surface area contributed by atoms with Gasteiger partial charge in [0, 0.05) is 17.1 Å². The van der Waals surface area contributed by atoms with Crippen LogP contribution in [0.3, 0.4) is 0 Å². The third kappa shape index (κ3) is 2.82. The zero-order valence-corrected chi connectivity index (χ0v) is 11.7. The third-order valence-electron chi connectivity index (χ3n) is 2.84. The molecule has 0 bridgehead atoms. The third-order valence-corrected chi connectivity index (χ3v) is 3.50. The summed E-state index contributed by atoms with van der Waals surface area (Å²) in [5, 5.41) is 0.646. The second-order valence-corrected chi connectivity index (χ2v) is 4.97. The molecule has 18 heavy (non-hydrogen) atoms. The van der Waals surface area contributed by atoms with Crippen LogP contribution in [0.15, 0.2) is 18.2 Å². The lowest BCUT2D eigenvalue weighted by atomic mass is 10.0. The molecule has 0 aromatic heterocycles. The highest BCUT2D eigenvalue weighted by Crippen LogP contribution is 2.30. The Labute approximate surface area is 117 Å². The largest absolute Gasteiger partial charge is 0.465 e. The minimum absolute atomic E-state index is 0.153. The van der Waals surface area contributed by atoms with Crippen LogP contribution >= 0.6 is 23.8 Å². The van der Waals surface area contributed by atoms with Crippen LogP contribution in [0, 0.1) is 0 Å². The Balaban J connectivity index is 2.27. The molecule has 0 saturated carbocycles. The van der Waals surface area contributed by atoms with Crippen LogP contribution in [-0.4, -0.2) is 24.1 Å². The Morgan fingerprint density at radius 3 is 3.00 bits per heavy atom.